The number of anilines is 2. The van der Waals surface area contributed by atoms with Gasteiger partial charge in [0.2, 0.25) is 5.95 Å². The number of rotatable bonds is 4. The SMILES string of the molecule is COc1ccc(-c2cc(=O)[nH]c(N3CCN(c4ccccc4F)CC3)n2)cc1. The second-order valence-corrected chi connectivity index (χ2v) is 6.61. The molecular weight excluding hydrogens is 359 g/mol. The third kappa shape index (κ3) is 3.69. The zero-order valence-corrected chi connectivity index (χ0v) is 15.6. The molecule has 0 amide bonds. The summed E-state index contributed by atoms with van der Waals surface area (Å²) in [5, 5.41) is 0. The van der Waals surface area contributed by atoms with Crippen LogP contribution in [0.1, 0.15) is 0 Å². The van der Waals surface area contributed by atoms with E-state index in [0.29, 0.717) is 43.5 Å². The van der Waals surface area contributed by atoms with Crippen molar-refractivity contribution in [1.29, 1.82) is 0 Å². The predicted octanol–water partition coefficient (Wildman–Crippen LogP) is 2.91. The first kappa shape index (κ1) is 18.0. The number of hydrogen-bond donors (Lipinski definition) is 1. The molecule has 0 aliphatic carbocycles. The maximum absolute atomic E-state index is 14.0. The maximum Gasteiger partial charge on any atom is 0.252 e. The minimum absolute atomic E-state index is 0.202. The molecule has 1 aromatic heterocycles. The van der Waals surface area contributed by atoms with Gasteiger partial charge >= 0.3 is 0 Å². The van der Waals surface area contributed by atoms with Gasteiger partial charge in [-0.25, -0.2) is 9.37 Å². The van der Waals surface area contributed by atoms with Crippen LogP contribution in [0, 0.1) is 5.82 Å². The Kier molecular flexibility index (Phi) is 4.97. The summed E-state index contributed by atoms with van der Waals surface area (Å²) >= 11 is 0. The molecule has 3 aromatic rings. The van der Waals surface area contributed by atoms with E-state index >= 15 is 0 Å². The first-order valence-corrected chi connectivity index (χ1v) is 9.14. The standard InChI is InChI=1S/C21H21FN4O2/c1-28-16-8-6-15(7-9-16)18-14-20(27)24-21(23-18)26-12-10-25(11-13-26)19-5-3-2-4-17(19)22/h2-9,14H,10-13H2,1H3,(H,23,24,27). The fourth-order valence-corrected chi connectivity index (χ4v) is 3.37. The number of methoxy groups -OCH3 is 1. The van der Waals surface area contributed by atoms with Gasteiger partial charge in [0.05, 0.1) is 18.5 Å². The summed E-state index contributed by atoms with van der Waals surface area (Å²) in [5.74, 6) is 1.06. The number of halogens is 1. The van der Waals surface area contributed by atoms with Gasteiger partial charge in [-0.1, -0.05) is 12.1 Å². The molecular formula is C21H21FN4O2. The Balaban J connectivity index is 1.53. The number of ether oxygens (including phenoxy) is 1. The number of benzene rings is 2. The van der Waals surface area contributed by atoms with E-state index in [4.69, 9.17) is 4.74 Å². The molecule has 1 N–H and O–H groups in total. The van der Waals surface area contributed by atoms with Crippen LogP contribution in [-0.2, 0) is 0 Å². The van der Waals surface area contributed by atoms with Crippen molar-refractivity contribution in [3.63, 3.8) is 0 Å². The molecule has 2 aromatic carbocycles. The molecule has 1 fully saturated rings. The van der Waals surface area contributed by atoms with Crippen LogP contribution < -0.4 is 20.1 Å². The Hall–Kier alpha value is -3.35. The third-order valence-corrected chi connectivity index (χ3v) is 4.89. The Bertz CT molecular complexity index is 1010. The van der Waals surface area contributed by atoms with E-state index in [9.17, 15) is 9.18 Å². The molecule has 6 nitrogen and oxygen atoms in total. The van der Waals surface area contributed by atoms with E-state index in [2.05, 4.69) is 9.97 Å². The Morgan fingerprint density at radius 1 is 1.00 bits per heavy atom. The second-order valence-electron chi connectivity index (χ2n) is 6.61. The van der Waals surface area contributed by atoms with E-state index in [0.717, 1.165) is 11.3 Å². The van der Waals surface area contributed by atoms with Crippen molar-refractivity contribution in [2.45, 2.75) is 0 Å². The van der Waals surface area contributed by atoms with Crippen LogP contribution in [0.25, 0.3) is 11.3 Å². The van der Waals surface area contributed by atoms with Gasteiger partial charge in [0.1, 0.15) is 11.6 Å². The zero-order chi connectivity index (χ0) is 19.5. The highest BCUT2D eigenvalue weighted by Crippen LogP contribution is 2.23. The van der Waals surface area contributed by atoms with Crippen molar-refractivity contribution in [3.05, 3.63) is 70.8 Å². The van der Waals surface area contributed by atoms with Crippen LogP contribution in [0.3, 0.4) is 0 Å². The van der Waals surface area contributed by atoms with Gasteiger partial charge in [0, 0.05) is 37.8 Å². The quantitative estimate of drug-likeness (QED) is 0.754. The molecule has 0 radical (unpaired) electrons. The van der Waals surface area contributed by atoms with Crippen LogP contribution in [-0.4, -0.2) is 43.3 Å². The second kappa shape index (κ2) is 7.72. The molecule has 144 valence electrons. The van der Waals surface area contributed by atoms with Crippen molar-refractivity contribution in [3.8, 4) is 17.0 Å². The van der Waals surface area contributed by atoms with E-state index in [1.165, 1.54) is 12.1 Å². The minimum atomic E-state index is -0.219. The lowest BCUT2D eigenvalue weighted by atomic mass is 10.1. The van der Waals surface area contributed by atoms with Crippen LogP contribution in [0.15, 0.2) is 59.4 Å². The molecule has 2 heterocycles. The van der Waals surface area contributed by atoms with E-state index < -0.39 is 0 Å². The number of piperazine rings is 1. The van der Waals surface area contributed by atoms with Gasteiger partial charge < -0.3 is 14.5 Å². The lowest BCUT2D eigenvalue weighted by molar-refractivity contribution is 0.415. The number of H-pyrrole nitrogens is 1. The first-order valence-electron chi connectivity index (χ1n) is 9.14. The molecule has 28 heavy (non-hydrogen) atoms. The lowest BCUT2D eigenvalue weighted by Gasteiger charge is -2.36. The Morgan fingerprint density at radius 2 is 1.68 bits per heavy atom. The van der Waals surface area contributed by atoms with E-state index in [1.807, 2.05) is 40.1 Å². The first-order chi connectivity index (χ1) is 13.6. The van der Waals surface area contributed by atoms with Gasteiger partial charge in [0.25, 0.3) is 5.56 Å². The summed E-state index contributed by atoms with van der Waals surface area (Å²) in [6, 6.07) is 15.7. The fraction of sp³-hybridized carbons (Fsp3) is 0.238. The van der Waals surface area contributed by atoms with Crippen molar-refractivity contribution in [2.24, 2.45) is 0 Å². The molecule has 0 bridgehead atoms. The van der Waals surface area contributed by atoms with Gasteiger partial charge in [-0.15, -0.1) is 0 Å². The number of nitrogens with zero attached hydrogens (tertiary/aromatic N) is 3. The van der Waals surface area contributed by atoms with Gasteiger partial charge in [-0.3, -0.25) is 9.78 Å². The lowest BCUT2D eigenvalue weighted by Crippen LogP contribution is -2.47. The minimum Gasteiger partial charge on any atom is -0.497 e. The average Bonchev–Trinajstić information content (AvgIpc) is 2.74. The molecule has 4 rings (SSSR count). The third-order valence-electron chi connectivity index (χ3n) is 4.89. The predicted molar refractivity (Wildman–Crippen MR) is 108 cm³/mol. The summed E-state index contributed by atoms with van der Waals surface area (Å²) in [4.78, 5) is 23.7. The molecule has 1 saturated heterocycles. The molecule has 0 spiro atoms. The highest BCUT2D eigenvalue weighted by atomic mass is 19.1. The summed E-state index contributed by atoms with van der Waals surface area (Å²) in [5.41, 5.74) is 1.86. The monoisotopic (exact) mass is 380 g/mol. The normalized spacial score (nSPS) is 14.2. The molecule has 0 atom stereocenters. The summed E-state index contributed by atoms with van der Waals surface area (Å²) in [6.45, 7) is 2.58. The van der Waals surface area contributed by atoms with E-state index in [1.54, 1.807) is 19.2 Å². The summed E-state index contributed by atoms with van der Waals surface area (Å²) < 4.78 is 19.2. The zero-order valence-electron chi connectivity index (χ0n) is 15.6. The highest BCUT2D eigenvalue weighted by Gasteiger charge is 2.21. The van der Waals surface area contributed by atoms with Crippen LogP contribution in [0.4, 0.5) is 16.0 Å². The van der Waals surface area contributed by atoms with Crippen molar-refractivity contribution in [1.82, 2.24) is 9.97 Å². The number of nitrogens with one attached hydrogen (secondary N) is 1. The van der Waals surface area contributed by atoms with Crippen molar-refractivity contribution < 1.29 is 9.13 Å². The maximum atomic E-state index is 14.0. The molecule has 1 aliphatic rings. The Morgan fingerprint density at radius 3 is 2.36 bits per heavy atom. The largest absolute Gasteiger partial charge is 0.497 e. The number of aromatic nitrogens is 2. The summed E-state index contributed by atoms with van der Waals surface area (Å²) in [7, 11) is 1.61. The highest BCUT2D eigenvalue weighted by molar-refractivity contribution is 5.61. The van der Waals surface area contributed by atoms with E-state index in [-0.39, 0.29) is 11.4 Å². The smallest absolute Gasteiger partial charge is 0.252 e. The van der Waals surface area contributed by atoms with Crippen LogP contribution >= 0.6 is 0 Å². The molecule has 0 unspecified atom stereocenters. The van der Waals surface area contributed by atoms with Gasteiger partial charge in [0.15, 0.2) is 0 Å². The van der Waals surface area contributed by atoms with Crippen molar-refractivity contribution in [2.75, 3.05) is 43.1 Å². The average molecular weight is 380 g/mol. The van der Waals surface area contributed by atoms with Crippen molar-refractivity contribution >= 4 is 11.6 Å². The number of para-hydroxylation sites is 1. The molecule has 0 saturated carbocycles. The Labute approximate surface area is 162 Å². The number of aromatic amines is 1. The summed E-state index contributed by atoms with van der Waals surface area (Å²) in [6.07, 6.45) is 0. The number of hydrogen-bond acceptors (Lipinski definition) is 5. The molecule has 7 heteroatoms. The topological polar surface area (TPSA) is 61.5 Å². The van der Waals surface area contributed by atoms with Gasteiger partial charge in [-0.2, -0.15) is 0 Å². The van der Waals surface area contributed by atoms with Crippen LogP contribution in [0.5, 0.6) is 5.75 Å². The van der Waals surface area contributed by atoms with Gasteiger partial charge in [-0.05, 0) is 36.4 Å². The fourth-order valence-electron chi connectivity index (χ4n) is 3.37. The van der Waals surface area contributed by atoms with Crippen LogP contribution in [0.2, 0.25) is 0 Å². The molecule has 1 aliphatic heterocycles.